The van der Waals surface area contributed by atoms with Crippen LogP contribution in [0.2, 0.25) is 0 Å². The minimum atomic E-state index is -2.17. The molecular formula is C7H15ClF2. The maximum Gasteiger partial charge on any atom is 0.235 e. The maximum atomic E-state index is 10.3. The molecular weight excluding hydrogens is 158 g/mol. The Morgan fingerprint density at radius 1 is 1.30 bits per heavy atom. The monoisotopic (exact) mass is 172 g/mol. The Kier molecular flexibility index (Phi) is 15.2. The predicted molar refractivity (Wildman–Crippen MR) is 41.9 cm³/mol. The van der Waals surface area contributed by atoms with Crippen LogP contribution in [0.1, 0.15) is 33.1 Å². The summed E-state index contributed by atoms with van der Waals surface area (Å²) in [4.78, 5) is 0. The van der Waals surface area contributed by atoms with Crippen molar-refractivity contribution < 1.29 is 8.78 Å². The van der Waals surface area contributed by atoms with Crippen LogP contribution in [0.3, 0.4) is 0 Å². The van der Waals surface area contributed by atoms with Crippen molar-refractivity contribution in [2.24, 2.45) is 0 Å². The molecule has 0 spiro atoms. The van der Waals surface area contributed by atoms with Crippen LogP contribution in [0.25, 0.3) is 0 Å². The molecule has 0 aliphatic rings. The molecule has 0 rings (SSSR count). The average molecular weight is 173 g/mol. The molecule has 0 unspecified atom stereocenters. The van der Waals surface area contributed by atoms with Crippen LogP contribution in [-0.2, 0) is 0 Å². The van der Waals surface area contributed by atoms with Gasteiger partial charge < -0.3 is 0 Å². The van der Waals surface area contributed by atoms with Crippen LogP contribution in [-0.4, -0.2) is 12.3 Å². The van der Waals surface area contributed by atoms with Gasteiger partial charge in [0.15, 0.2) is 0 Å². The van der Waals surface area contributed by atoms with Gasteiger partial charge in [-0.1, -0.05) is 19.8 Å². The normalized spacial score (nSPS) is 9.00. The Morgan fingerprint density at radius 3 is 1.80 bits per heavy atom. The van der Waals surface area contributed by atoms with E-state index in [9.17, 15) is 8.78 Å². The van der Waals surface area contributed by atoms with Gasteiger partial charge in [0.2, 0.25) is 6.43 Å². The molecule has 0 aliphatic heterocycles. The summed E-state index contributed by atoms with van der Waals surface area (Å²) in [5.74, 6) is 0.827. The number of rotatable bonds is 3. The van der Waals surface area contributed by atoms with E-state index < -0.39 is 6.43 Å². The molecule has 0 nitrogen and oxygen atoms in total. The van der Waals surface area contributed by atoms with E-state index in [1.165, 1.54) is 19.3 Å². The Hall–Kier alpha value is 0.150. The quantitative estimate of drug-likeness (QED) is 0.450. The largest absolute Gasteiger partial charge is 0.235 e. The molecule has 0 aliphatic carbocycles. The molecule has 0 heterocycles. The molecule has 10 heavy (non-hydrogen) atoms. The number of halogens is 3. The molecule has 0 aromatic rings. The minimum absolute atomic E-state index is 0.827. The van der Waals surface area contributed by atoms with E-state index in [0.717, 1.165) is 12.8 Å². The van der Waals surface area contributed by atoms with Crippen LogP contribution in [0.15, 0.2) is 0 Å². The first-order chi connectivity index (χ1) is 4.65. The Labute approximate surface area is 66.6 Å². The first kappa shape index (κ1) is 12.8. The highest BCUT2D eigenvalue weighted by atomic mass is 35.5. The summed E-state index contributed by atoms with van der Waals surface area (Å²) in [6.45, 7) is 3.01. The van der Waals surface area contributed by atoms with Crippen LogP contribution >= 0.6 is 11.6 Å². The highest BCUT2D eigenvalue weighted by Crippen LogP contribution is 1.93. The SMILES string of the molecule is CC(F)F.CCCCCCl. The van der Waals surface area contributed by atoms with Crippen LogP contribution in [0.5, 0.6) is 0 Å². The molecule has 64 valence electrons. The van der Waals surface area contributed by atoms with E-state index in [0.29, 0.717) is 0 Å². The van der Waals surface area contributed by atoms with Gasteiger partial charge in [0.25, 0.3) is 0 Å². The van der Waals surface area contributed by atoms with E-state index in [-0.39, 0.29) is 0 Å². The van der Waals surface area contributed by atoms with Gasteiger partial charge in [-0.05, 0) is 13.3 Å². The molecule has 0 fully saturated rings. The molecule has 0 amide bonds. The van der Waals surface area contributed by atoms with Gasteiger partial charge >= 0.3 is 0 Å². The van der Waals surface area contributed by atoms with Gasteiger partial charge in [-0.3, -0.25) is 0 Å². The fourth-order valence-electron chi connectivity index (χ4n) is 0.344. The van der Waals surface area contributed by atoms with Gasteiger partial charge in [0, 0.05) is 5.88 Å². The smallest absolute Gasteiger partial charge is 0.211 e. The zero-order valence-electron chi connectivity index (χ0n) is 6.54. The van der Waals surface area contributed by atoms with Crippen LogP contribution in [0.4, 0.5) is 8.78 Å². The van der Waals surface area contributed by atoms with Crippen LogP contribution < -0.4 is 0 Å². The second-order valence-electron chi connectivity index (χ2n) is 1.92. The molecule has 3 heteroatoms. The number of hydrogen-bond donors (Lipinski definition) is 0. The van der Waals surface area contributed by atoms with Gasteiger partial charge in [-0.25, -0.2) is 8.78 Å². The van der Waals surface area contributed by atoms with Crippen molar-refractivity contribution in [3.8, 4) is 0 Å². The maximum absolute atomic E-state index is 10.3. The van der Waals surface area contributed by atoms with Gasteiger partial charge in [0.1, 0.15) is 0 Å². The third-order valence-electron chi connectivity index (χ3n) is 0.737. The molecule has 0 saturated heterocycles. The first-order valence-electron chi connectivity index (χ1n) is 3.49. The van der Waals surface area contributed by atoms with Crippen molar-refractivity contribution in [2.45, 2.75) is 39.5 Å². The summed E-state index contributed by atoms with van der Waals surface area (Å²) in [5, 5.41) is 0. The zero-order chi connectivity index (χ0) is 8.41. The molecule has 0 aromatic carbocycles. The first-order valence-corrected chi connectivity index (χ1v) is 4.02. The lowest BCUT2D eigenvalue weighted by atomic mass is 10.3. The highest BCUT2D eigenvalue weighted by molar-refractivity contribution is 6.17. The van der Waals surface area contributed by atoms with Crippen molar-refractivity contribution in [1.82, 2.24) is 0 Å². The van der Waals surface area contributed by atoms with Gasteiger partial charge in [0.05, 0.1) is 0 Å². The van der Waals surface area contributed by atoms with E-state index >= 15 is 0 Å². The number of alkyl halides is 3. The second-order valence-corrected chi connectivity index (χ2v) is 2.29. The molecule has 0 aromatic heterocycles. The average Bonchev–Trinajstić information content (AvgIpc) is 1.82. The van der Waals surface area contributed by atoms with Crippen LogP contribution in [0, 0.1) is 0 Å². The van der Waals surface area contributed by atoms with E-state index in [2.05, 4.69) is 6.92 Å². The van der Waals surface area contributed by atoms with E-state index in [1.54, 1.807) is 0 Å². The molecule has 0 saturated carbocycles. The minimum Gasteiger partial charge on any atom is -0.211 e. The summed E-state index contributed by atoms with van der Waals surface area (Å²) >= 11 is 5.38. The van der Waals surface area contributed by atoms with Crippen molar-refractivity contribution in [3.63, 3.8) is 0 Å². The summed E-state index contributed by atoms with van der Waals surface area (Å²) in [5.41, 5.74) is 0. The lowest BCUT2D eigenvalue weighted by Gasteiger charge is -1.84. The predicted octanol–water partition coefficient (Wildman–Crippen LogP) is 3.69. The fourth-order valence-corrected chi connectivity index (χ4v) is 0.533. The van der Waals surface area contributed by atoms with Gasteiger partial charge in [-0.2, -0.15) is 0 Å². The fraction of sp³-hybridized carbons (Fsp3) is 1.00. The Morgan fingerprint density at radius 2 is 1.70 bits per heavy atom. The Balaban J connectivity index is 0. The molecule has 0 atom stereocenters. The summed E-state index contributed by atoms with van der Waals surface area (Å²) in [6, 6.07) is 0. The van der Waals surface area contributed by atoms with Crippen molar-refractivity contribution >= 4 is 11.6 Å². The third kappa shape index (κ3) is 42.0. The summed E-state index contributed by atoms with van der Waals surface area (Å²) in [7, 11) is 0. The summed E-state index contributed by atoms with van der Waals surface area (Å²) in [6.07, 6.45) is 1.56. The topological polar surface area (TPSA) is 0 Å². The molecule has 0 N–H and O–H groups in total. The number of hydrogen-bond acceptors (Lipinski definition) is 0. The van der Waals surface area contributed by atoms with Gasteiger partial charge in [-0.15, -0.1) is 11.6 Å². The van der Waals surface area contributed by atoms with Crippen molar-refractivity contribution in [3.05, 3.63) is 0 Å². The third-order valence-corrected chi connectivity index (χ3v) is 1.00. The Bertz CT molecular complexity index is 42.1. The standard InChI is InChI=1S/C5H11Cl.C2H4F2/c1-2-3-4-5-6;1-2(3)4/h2-5H2,1H3;2H,1H3. The van der Waals surface area contributed by atoms with E-state index in [4.69, 9.17) is 11.6 Å². The van der Waals surface area contributed by atoms with Crippen molar-refractivity contribution in [2.75, 3.05) is 5.88 Å². The lowest BCUT2D eigenvalue weighted by Crippen LogP contribution is -1.70. The second kappa shape index (κ2) is 11.9. The number of unbranched alkanes of at least 4 members (excludes halogenated alkanes) is 2. The molecule has 0 bridgehead atoms. The van der Waals surface area contributed by atoms with E-state index in [1.807, 2.05) is 0 Å². The summed E-state index contributed by atoms with van der Waals surface area (Å²) < 4.78 is 20.7. The molecule has 0 radical (unpaired) electrons. The lowest BCUT2D eigenvalue weighted by molar-refractivity contribution is 0.171. The zero-order valence-corrected chi connectivity index (χ0v) is 7.30. The van der Waals surface area contributed by atoms with Crippen molar-refractivity contribution in [1.29, 1.82) is 0 Å². The highest BCUT2D eigenvalue weighted by Gasteiger charge is 1.79.